The van der Waals surface area contributed by atoms with E-state index in [1.807, 2.05) is 0 Å². The molecule has 0 aliphatic heterocycles. The zero-order valence-corrected chi connectivity index (χ0v) is 18.1. The molecular formula is C19H22F2N4O4S2. The van der Waals surface area contributed by atoms with Crippen molar-refractivity contribution in [1.29, 1.82) is 0 Å². The Hall–Kier alpha value is -2.47. The van der Waals surface area contributed by atoms with E-state index in [0.717, 1.165) is 18.0 Å². The van der Waals surface area contributed by atoms with Crippen LogP contribution in [0.4, 0.5) is 19.6 Å². The molecule has 3 rings (SSSR count). The molecule has 168 valence electrons. The Morgan fingerprint density at radius 2 is 1.97 bits per heavy atom. The predicted molar refractivity (Wildman–Crippen MR) is 114 cm³/mol. The maximum atomic E-state index is 12.4. The van der Waals surface area contributed by atoms with Gasteiger partial charge in [0.1, 0.15) is 5.75 Å². The van der Waals surface area contributed by atoms with Crippen molar-refractivity contribution in [3.8, 4) is 5.75 Å². The fourth-order valence-electron chi connectivity index (χ4n) is 3.01. The van der Waals surface area contributed by atoms with Crippen LogP contribution in [0.25, 0.3) is 0 Å². The van der Waals surface area contributed by atoms with E-state index in [9.17, 15) is 18.4 Å². The molecule has 1 aromatic heterocycles. The van der Waals surface area contributed by atoms with Gasteiger partial charge in [-0.2, -0.15) is 8.78 Å². The molecule has 0 bridgehead atoms. The molecule has 1 aromatic carbocycles. The van der Waals surface area contributed by atoms with E-state index in [1.54, 1.807) is 6.07 Å². The molecule has 0 atom stereocenters. The quantitative estimate of drug-likeness (QED) is 0.393. The molecule has 0 radical (unpaired) electrons. The number of anilines is 2. The number of benzene rings is 1. The number of ether oxygens (including phenoxy) is 2. The highest BCUT2D eigenvalue weighted by atomic mass is 32.2. The highest BCUT2D eigenvalue weighted by Gasteiger charge is 2.17. The first-order valence-corrected chi connectivity index (χ1v) is 11.5. The molecule has 8 nitrogen and oxygen atoms in total. The van der Waals surface area contributed by atoms with Gasteiger partial charge < -0.3 is 20.1 Å². The second-order valence-corrected chi connectivity index (χ2v) is 8.92. The van der Waals surface area contributed by atoms with Gasteiger partial charge in [-0.05, 0) is 25.0 Å². The first-order valence-electron chi connectivity index (χ1n) is 9.72. The van der Waals surface area contributed by atoms with Crippen molar-refractivity contribution in [1.82, 2.24) is 10.2 Å². The summed E-state index contributed by atoms with van der Waals surface area (Å²) in [4.78, 5) is 23.9. The predicted octanol–water partition coefficient (Wildman–Crippen LogP) is 4.16. The second kappa shape index (κ2) is 11.8. The molecule has 1 fully saturated rings. The number of aromatic nitrogens is 2. The molecule has 0 spiro atoms. The van der Waals surface area contributed by atoms with Crippen molar-refractivity contribution in [3.05, 3.63) is 24.3 Å². The monoisotopic (exact) mass is 472 g/mol. The van der Waals surface area contributed by atoms with Crippen molar-refractivity contribution in [2.24, 2.45) is 0 Å². The zero-order chi connectivity index (χ0) is 22.1. The minimum absolute atomic E-state index is 0.0313. The number of halogens is 2. The molecular weight excluding hydrogens is 450 g/mol. The number of hydrogen-bond donors (Lipinski definition) is 2. The first-order chi connectivity index (χ1) is 15.0. The maximum absolute atomic E-state index is 12.4. The fraction of sp³-hybridized carbons (Fsp3) is 0.474. The Morgan fingerprint density at radius 1 is 1.19 bits per heavy atom. The van der Waals surface area contributed by atoms with Crippen LogP contribution >= 0.6 is 23.1 Å². The third kappa shape index (κ3) is 7.94. The lowest BCUT2D eigenvalue weighted by Gasteiger charge is -2.21. The number of alkyl halides is 2. The van der Waals surface area contributed by atoms with Crippen molar-refractivity contribution in [2.45, 2.75) is 49.1 Å². The molecule has 1 saturated carbocycles. The van der Waals surface area contributed by atoms with E-state index >= 15 is 0 Å². The number of para-hydroxylation sites is 2. The lowest BCUT2D eigenvalue weighted by atomic mass is 9.96. The van der Waals surface area contributed by atoms with E-state index in [2.05, 4.69) is 25.6 Å². The molecule has 2 aromatic rings. The van der Waals surface area contributed by atoms with Crippen molar-refractivity contribution >= 4 is 45.8 Å². The van der Waals surface area contributed by atoms with Crippen LogP contribution in [0.2, 0.25) is 0 Å². The smallest absolute Gasteiger partial charge is 0.387 e. The zero-order valence-electron chi connectivity index (χ0n) is 16.5. The number of thioether (sulfide) groups is 1. The van der Waals surface area contributed by atoms with Gasteiger partial charge in [0.2, 0.25) is 5.13 Å². The third-order valence-corrected chi connectivity index (χ3v) is 6.36. The van der Waals surface area contributed by atoms with Crippen LogP contribution in [-0.2, 0) is 14.3 Å². The van der Waals surface area contributed by atoms with E-state index in [4.69, 9.17) is 4.74 Å². The normalized spacial score (nSPS) is 14.3. The first kappa shape index (κ1) is 23.2. The van der Waals surface area contributed by atoms with Gasteiger partial charge in [-0.3, -0.25) is 9.59 Å². The highest BCUT2D eigenvalue weighted by molar-refractivity contribution is 8.01. The van der Waals surface area contributed by atoms with Crippen LogP contribution in [0, 0.1) is 0 Å². The number of esters is 1. The number of nitrogens with zero attached hydrogens (tertiary/aromatic N) is 2. The summed E-state index contributed by atoms with van der Waals surface area (Å²) in [6.45, 7) is -3.57. The summed E-state index contributed by atoms with van der Waals surface area (Å²) in [7, 11) is 0. The molecule has 2 N–H and O–H groups in total. The minimum Gasteiger partial charge on any atom is -0.455 e. The van der Waals surface area contributed by atoms with Gasteiger partial charge in [-0.15, -0.1) is 10.2 Å². The largest absolute Gasteiger partial charge is 0.455 e. The summed E-state index contributed by atoms with van der Waals surface area (Å²) in [5.74, 6) is -1.48. The van der Waals surface area contributed by atoms with Gasteiger partial charge >= 0.3 is 12.6 Å². The van der Waals surface area contributed by atoms with Gasteiger partial charge in [0, 0.05) is 6.04 Å². The standard InChI is InChI=1S/C19H22F2N4O4S2/c20-17(21)29-14-9-5-4-8-13(14)23-15(26)10-28-16(27)11-30-19-25-24-18(31-19)22-12-6-2-1-3-7-12/h4-5,8-9,12,17H,1-3,6-7,10-11H2,(H,22,24)(H,23,26). The summed E-state index contributed by atoms with van der Waals surface area (Å²) < 4.78 is 34.7. The molecule has 1 aliphatic carbocycles. The molecule has 12 heteroatoms. The van der Waals surface area contributed by atoms with Crippen LogP contribution in [0.3, 0.4) is 0 Å². The van der Waals surface area contributed by atoms with Gasteiger partial charge in [-0.25, -0.2) is 0 Å². The summed E-state index contributed by atoms with van der Waals surface area (Å²) in [5, 5.41) is 14.6. The number of carbonyl (C=O) groups excluding carboxylic acids is 2. The number of nitrogens with one attached hydrogen (secondary N) is 2. The summed E-state index contributed by atoms with van der Waals surface area (Å²) in [6.07, 6.45) is 5.93. The Kier molecular flexibility index (Phi) is 8.83. The van der Waals surface area contributed by atoms with Crippen LogP contribution < -0.4 is 15.4 Å². The maximum Gasteiger partial charge on any atom is 0.387 e. The molecule has 1 aliphatic rings. The van der Waals surface area contributed by atoms with Crippen LogP contribution in [0.15, 0.2) is 28.6 Å². The van der Waals surface area contributed by atoms with E-state index < -0.39 is 25.1 Å². The average molecular weight is 473 g/mol. The number of hydrogen-bond acceptors (Lipinski definition) is 9. The van der Waals surface area contributed by atoms with Gasteiger partial charge in [0.05, 0.1) is 11.4 Å². The van der Waals surface area contributed by atoms with Gasteiger partial charge in [0.25, 0.3) is 5.91 Å². The number of rotatable bonds is 10. The Bertz CT molecular complexity index is 878. The lowest BCUT2D eigenvalue weighted by molar-refractivity contribution is -0.144. The number of carbonyl (C=O) groups is 2. The van der Waals surface area contributed by atoms with E-state index in [1.165, 1.54) is 60.6 Å². The Morgan fingerprint density at radius 3 is 2.74 bits per heavy atom. The van der Waals surface area contributed by atoms with Crippen molar-refractivity contribution in [3.63, 3.8) is 0 Å². The molecule has 1 amide bonds. The van der Waals surface area contributed by atoms with Crippen LogP contribution in [0.1, 0.15) is 32.1 Å². The minimum atomic E-state index is -3.02. The van der Waals surface area contributed by atoms with Gasteiger partial charge in [-0.1, -0.05) is 54.5 Å². The number of amides is 1. The Balaban J connectivity index is 1.38. The van der Waals surface area contributed by atoms with Crippen molar-refractivity contribution in [2.75, 3.05) is 23.0 Å². The van der Waals surface area contributed by atoms with E-state index in [-0.39, 0.29) is 17.2 Å². The summed E-state index contributed by atoms with van der Waals surface area (Å²) in [6, 6.07) is 6.16. The molecule has 0 unspecified atom stereocenters. The van der Waals surface area contributed by atoms with Crippen LogP contribution in [-0.4, -0.2) is 47.1 Å². The fourth-order valence-corrected chi connectivity index (χ4v) is 4.64. The molecule has 31 heavy (non-hydrogen) atoms. The topological polar surface area (TPSA) is 102 Å². The molecule has 0 saturated heterocycles. The average Bonchev–Trinajstić information content (AvgIpc) is 3.20. The second-order valence-electron chi connectivity index (χ2n) is 6.72. The lowest BCUT2D eigenvalue weighted by Crippen LogP contribution is -2.22. The van der Waals surface area contributed by atoms with Crippen molar-refractivity contribution < 1.29 is 27.8 Å². The Labute approximate surface area is 186 Å². The SMILES string of the molecule is O=C(COC(=O)CSc1nnc(NC2CCCCC2)s1)Nc1ccccc1OC(F)F. The van der Waals surface area contributed by atoms with Gasteiger partial charge in [0.15, 0.2) is 10.9 Å². The van der Waals surface area contributed by atoms with E-state index in [0.29, 0.717) is 10.4 Å². The summed E-state index contributed by atoms with van der Waals surface area (Å²) >= 11 is 2.54. The molecule has 1 heterocycles. The van der Waals surface area contributed by atoms with Crippen LogP contribution in [0.5, 0.6) is 5.75 Å². The summed E-state index contributed by atoms with van der Waals surface area (Å²) in [5.41, 5.74) is 0.0603. The highest BCUT2D eigenvalue weighted by Crippen LogP contribution is 2.28. The third-order valence-electron chi connectivity index (χ3n) is 4.39.